The van der Waals surface area contributed by atoms with E-state index in [-0.39, 0.29) is 25.7 Å². The van der Waals surface area contributed by atoms with Crippen molar-refractivity contribution in [1.29, 1.82) is 0 Å². The largest absolute Gasteiger partial charge is 0.396 e. The Balaban J connectivity index is 2.38. The van der Waals surface area contributed by atoms with Gasteiger partial charge in [-0.15, -0.1) is 0 Å². The first-order chi connectivity index (χ1) is 16.8. The quantitative estimate of drug-likeness (QED) is 0.377. The van der Waals surface area contributed by atoms with Crippen molar-refractivity contribution in [3.8, 4) is 0 Å². The van der Waals surface area contributed by atoms with Crippen LogP contribution in [0.15, 0.2) is 0 Å². The van der Waals surface area contributed by atoms with Crippen LogP contribution >= 0.6 is 0 Å². The molecule has 3 N–H and O–H groups in total. The summed E-state index contributed by atoms with van der Waals surface area (Å²) in [5.74, 6) is 0.0225. The summed E-state index contributed by atoms with van der Waals surface area (Å²) in [6, 6.07) is 0. The van der Waals surface area contributed by atoms with E-state index in [0.717, 1.165) is 25.7 Å². The third-order valence-corrected chi connectivity index (χ3v) is 8.69. The van der Waals surface area contributed by atoms with Crippen molar-refractivity contribution in [2.75, 3.05) is 19.8 Å². The fourth-order valence-electron chi connectivity index (χ4n) is 6.02. The average Bonchev–Trinajstić information content (AvgIpc) is 2.86. The molecule has 0 spiro atoms. The van der Waals surface area contributed by atoms with E-state index in [4.69, 9.17) is 0 Å². The van der Waals surface area contributed by atoms with Gasteiger partial charge in [0.15, 0.2) is 0 Å². The molecule has 0 saturated heterocycles. The van der Waals surface area contributed by atoms with Crippen LogP contribution < -0.4 is 0 Å². The van der Waals surface area contributed by atoms with Crippen LogP contribution in [-0.2, 0) is 0 Å². The minimum Gasteiger partial charge on any atom is -0.396 e. The molecular weight excluding hydrogens is 420 g/mol. The Kier molecular flexibility index (Phi) is 21.9. The Morgan fingerprint density at radius 1 is 0.382 bits per heavy atom. The molecule has 0 aliphatic heterocycles. The summed E-state index contributed by atoms with van der Waals surface area (Å²) in [5.41, 5.74) is -0.503. The first kappa shape index (κ1) is 31.9. The van der Waals surface area contributed by atoms with Crippen LogP contribution in [0, 0.1) is 11.3 Å². The van der Waals surface area contributed by atoms with Crippen molar-refractivity contribution < 1.29 is 15.3 Å². The van der Waals surface area contributed by atoms with Crippen LogP contribution in [0.5, 0.6) is 0 Å². The smallest absolute Gasteiger partial charge is 0.0512 e. The highest BCUT2D eigenvalue weighted by atomic mass is 16.3. The molecule has 1 aliphatic rings. The van der Waals surface area contributed by atoms with Crippen molar-refractivity contribution in [3.05, 3.63) is 0 Å². The van der Waals surface area contributed by atoms with Crippen LogP contribution in [0.3, 0.4) is 0 Å². The molecule has 1 aliphatic carbocycles. The second-order valence-corrected chi connectivity index (χ2v) is 11.6. The molecule has 34 heavy (non-hydrogen) atoms. The van der Waals surface area contributed by atoms with Gasteiger partial charge in [-0.05, 0) is 18.8 Å². The minimum atomic E-state index is -0.503. The van der Waals surface area contributed by atoms with E-state index in [9.17, 15) is 15.3 Å². The molecule has 0 aromatic heterocycles. The number of aliphatic hydroxyl groups excluding tert-OH is 3. The fourth-order valence-corrected chi connectivity index (χ4v) is 6.02. The number of hydrogen-bond acceptors (Lipinski definition) is 3. The Hall–Kier alpha value is -0.120. The topological polar surface area (TPSA) is 60.7 Å². The van der Waals surface area contributed by atoms with Crippen LogP contribution in [0.1, 0.15) is 167 Å². The monoisotopic (exact) mass is 482 g/mol. The van der Waals surface area contributed by atoms with Gasteiger partial charge in [-0.25, -0.2) is 0 Å². The summed E-state index contributed by atoms with van der Waals surface area (Å²) >= 11 is 0. The summed E-state index contributed by atoms with van der Waals surface area (Å²) < 4.78 is 0. The molecule has 3 nitrogen and oxygen atoms in total. The van der Waals surface area contributed by atoms with Gasteiger partial charge in [-0.1, -0.05) is 154 Å². The lowest BCUT2D eigenvalue weighted by atomic mass is 9.71. The zero-order valence-corrected chi connectivity index (χ0v) is 22.9. The van der Waals surface area contributed by atoms with Gasteiger partial charge in [0.05, 0.1) is 13.2 Å². The van der Waals surface area contributed by atoms with Gasteiger partial charge in [0.25, 0.3) is 0 Å². The summed E-state index contributed by atoms with van der Waals surface area (Å²) in [7, 11) is 0. The highest BCUT2D eigenvalue weighted by Crippen LogP contribution is 2.36. The maximum atomic E-state index is 10.1. The van der Waals surface area contributed by atoms with E-state index < -0.39 is 5.41 Å². The molecule has 1 rings (SSSR count). The molecule has 1 fully saturated rings. The molecule has 3 heteroatoms. The van der Waals surface area contributed by atoms with Gasteiger partial charge < -0.3 is 15.3 Å². The number of hydrogen-bond donors (Lipinski definition) is 3. The van der Waals surface area contributed by atoms with Gasteiger partial charge in [-0.3, -0.25) is 0 Å². The molecule has 0 heterocycles. The second-order valence-electron chi connectivity index (χ2n) is 11.6. The van der Waals surface area contributed by atoms with E-state index >= 15 is 0 Å². The molecule has 1 saturated carbocycles. The first-order valence-electron chi connectivity index (χ1n) is 15.6. The molecule has 0 aromatic carbocycles. The zero-order chi connectivity index (χ0) is 24.6. The van der Waals surface area contributed by atoms with Crippen molar-refractivity contribution in [2.24, 2.45) is 11.3 Å². The predicted octanol–water partition coefficient (Wildman–Crippen LogP) is 8.72. The lowest BCUT2D eigenvalue weighted by Crippen LogP contribution is -2.40. The standard InChI is InChI=1S/C31H62O3/c32-27-30-25-23-21-19-17-15-13-11-9-7-5-3-1-2-4-6-8-10-12-14-16-18-20-22-24-26-31(30,28-33)29-34/h30,32-34H,1-29H2. The molecule has 0 aromatic rings. The number of rotatable bonds is 3. The molecule has 0 bridgehead atoms. The SMILES string of the molecule is OCC1CCCCCCCCCCCCCCCCCCCCCCCCCCC1(CO)CO. The maximum Gasteiger partial charge on any atom is 0.0512 e. The fraction of sp³-hybridized carbons (Fsp3) is 1.00. The molecule has 1 unspecified atom stereocenters. The van der Waals surface area contributed by atoms with Gasteiger partial charge >= 0.3 is 0 Å². The van der Waals surface area contributed by atoms with Crippen LogP contribution in [0.25, 0.3) is 0 Å². The normalized spacial score (nSPS) is 25.7. The third-order valence-electron chi connectivity index (χ3n) is 8.69. The van der Waals surface area contributed by atoms with E-state index in [0.29, 0.717) is 0 Å². The van der Waals surface area contributed by atoms with E-state index in [1.165, 1.54) is 141 Å². The Morgan fingerprint density at radius 3 is 0.912 bits per heavy atom. The first-order valence-corrected chi connectivity index (χ1v) is 15.6. The molecule has 0 amide bonds. The van der Waals surface area contributed by atoms with E-state index in [1.807, 2.05) is 0 Å². The van der Waals surface area contributed by atoms with Crippen LogP contribution in [-0.4, -0.2) is 35.1 Å². The van der Waals surface area contributed by atoms with Gasteiger partial charge in [-0.2, -0.15) is 0 Å². The van der Waals surface area contributed by atoms with Crippen molar-refractivity contribution in [3.63, 3.8) is 0 Å². The summed E-state index contributed by atoms with van der Waals surface area (Å²) in [6.07, 6.45) is 34.1. The average molecular weight is 483 g/mol. The lowest BCUT2D eigenvalue weighted by molar-refractivity contribution is -0.0303. The van der Waals surface area contributed by atoms with Crippen LogP contribution in [0.4, 0.5) is 0 Å². The Morgan fingerprint density at radius 2 is 0.647 bits per heavy atom. The lowest BCUT2D eigenvalue weighted by Gasteiger charge is -2.37. The number of aliphatic hydroxyl groups is 3. The summed E-state index contributed by atoms with van der Waals surface area (Å²) in [4.78, 5) is 0. The van der Waals surface area contributed by atoms with Gasteiger partial charge in [0.2, 0.25) is 0 Å². The van der Waals surface area contributed by atoms with Gasteiger partial charge in [0.1, 0.15) is 0 Å². The molecule has 1 atom stereocenters. The minimum absolute atomic E-state index is 0.00523. The van der Waals surface area contributed by atoms with Crippen LogP contribution in [0.2, 0.25) is 0 Å². The Bertz CT molecular complexity index is 407. The molecule has 0 radical (unpaired) electrons. The second kappa shape index (κ2) is 23.3. The molecular formula is C31H62O3. The van der Waals surface area contributed by atoms with Crippen molar-refractivity contribution in [2.45, 2.75) is 167 Å². The highest BCUT2D eigenvalue weighted by molar-refractivity contribution is 4.85. The molecule has 204 valence electrons. The van der Waals surface area contributed by atoms with Gasteiger partial charge in [0, 0.05) is 12.0 Å². The Labute approximate surface area is 213 Å². The predicted molar refractivity (Wildman–Crippen MR) is 147 cm³/mol. The van der Waals surface area contributed by atoms with Crippen molar-refractivity contribution >= 4 is 0 Å². The zero-order valence-electron chi connectivity index (χ0n) is 22.9. The summed E-state index contributed by atoms with van der Waals surface area (Å²) in [5, 5.41) is 30.3. The van der Waals surface area contributed by atoms with Crippen molar-refractivity contribution in [1.82, 2.24) is 0 Å². The maximum absolute atomic E-state index is 10.1. The third kappa shape index (κ3) is 15.8. The van der Waals surface area contributed by atoms with E-state index in [2.05, 4.69) is 0 Å². The van der Waals surface area contributed by atoms with E-state index in [1.54, 1.807) is 0 Å². The highest BCUT2D eigenvalue weighted by Gasteiger charge is 2.36. The summed E-state index contributed by atoms with van der Waals surface area (Å²) in [6.45, 7) is 0.0740.